The normalized spacial score (nSPS) is 12.1. The zero-order valence-corrected chi connectivity index (χ0v) is 14.2. The molecule has 1 heterocycles. The van der Waals surface area contributed by atoms with Crippen molar-refractivity contribution in [2.24, 2.45) is 7.05 Å². The number of benzene rings is 2. The average Bonchev–Trinajstić information content (AvgIpc) is 2.97. The van der Waals surface area contributed by atoms with Crippen LogP contribution in [0.3, 0.4) is 0 Å². The van der Waals surface area contributed by atoms with Gasteiger partial charge in [-0.15, -0.1) is 0 Å². The van der Waals surface area contributed by atoms with Crippen LogP contribution in [0.2, 0.25) is 0 Å². The summed E-state index contributed by atoms with van der Waals surface area (Å²) >= 11 is 0. The van der Waals surface area contributed by atoms with E-state index in [-0.39, 0.29) is 11.9 Å². The highest BCUT2D eigenvalue weighted by Gasteiger charge is 2.18. The molecule has 1 N–H and O–H groups in total. The Morgan fingerprint density at radius 1 is 1.17 bits per heavy atom. The topological polar surface area (TPSA) is 43.3 Å². The number of amides is 1. The number of carbonyl (C=O) groups is 1. The summed E-state index contributed by atoms with van der Waals surface area (Å²) < 4.78 is 7.18. The van der Waals surface area contributed by atoms with Crippen LogP contribution in [0.25, 0.3) is 10.9 Å². The first kappa shape index (κ1) is 16.1. The van der Waals surface area contributed by atoms with Crippen molar-refractivity contribution in [1.82, 2.24) is 9.88 Å². The van der Waals surface area contributed by atoms with Crippen molar-refractivity contribution in [3.63, 3.8) is 0 Å². The van der Waals surface area contributed by atoms with Crippen molar-refractivity contribution in [1.29, 1.82) is 0 Å². The standard InChI is InChI=1S/C20H22N2O2/c1-4-18(14-9-11-15(24-3)12-10-14)21-20(23)17-13-22(2)19-8-6-5-7-16(17)19/h5-13,18H,4H2,1-3H3,(H,21,23)/t18-/m0/s1. The summed E-state index contributed by atoms with van der Waals surface area (Å²) in [7, 11) is 3.61. The average molecular weight is 322 g/mol. The number of aryl methyl sites for hydroxylation is 1. The number of nitrogens with one attached hydrogen (secondary N) is 1. The maximum absolute atomic E-state index is 12.8. The Labute approximate surface area is 142 Å². The summed E-state index contributed by atoms with van der Waals surface area (Å²) in [5, 5.41) is 4.12. The minimum Gasteiger partial charge on any atom is -0.497 e. The minimum atomic E-state index is -0.0468. The van der Waals surface area contributed by atoms with Gasteiger partial charge in [-0.2, -0.15) is 0 Å². The number of methoxy groups -OCH3 is 1. The molecule has 124 valence electrons. The number of hydrogen-bond acceptors (Lipinski definition) is 2. The molecule has 4 heteroatoms. The Morgan fingerprint density at radius 3 is 2.54 bits per heavy atom. The lowest BCUT2D eigenvalue weighted by Gasteiger charge is -2.17. The molecule has 1 atom stereocenters. The van der Waals surface area contributed by atoms with Crippen molar-refractivity contribution < 1.29 is 9.53 Å². The van der Waals surface area contributed by atoms with Gasteiger partial charge in [0, 0.05) is 24.1 Å². The second kappa shape index (κ2) is 6.79. The van der Waals surface area contributed by atoms with Gasteiger partial charge in [0.15, 0.2) is 0 Å². The van der Waals surface area contributed by atoms with E-state index in [9.17, 15) is 4.79 Å². The molecule has 1 aromatic heterocycles. The zero-order chi connectivity index (χ0) is 17.1. The van der Waals surface area contributed by atoms with Gasteiger partial charge in [0.2, 0.25) is 0 Å². The third-order valence-corrected chi connectivity index (χ3v) is 4.37. The number of nitrogens with zero attached hydrogens (tertiary/aromatic N) is 1. The fraction of sp³-hybridized carbons (Fsp3) is 0.250. The summed E-state index contributed by atoms with van der Waals surface area (Å²) in [6.45, 7) is 2.07. The lowest BCUT2D eigenvalue weighted by Crippen LogP contribution is -2.28. The Balaban J connectivity index is 1.85. The van der Waals surface area contributed by atoms with Crippen LogP contribution < -0.4 is 10.1 Å². The predicted molar refractivity (Wildman–Crippen MR) is 96.4 cm³/mol. The molecule has 0 radical (unpaired) electrons. The highest BCUT2D eigenvalue weighted by atomic mass is 16.5. The van der Waals surface area contributed by atoms with Crippen LogP contribution in [0.4, 0.5) is 0 Å². The fourth-order valence-electron chi connectivity index (χ4n) is 3.02. The maximum atomic E-state index is 12.8. The summed E-state index contributed by atoms with van der Waals surface area (Å²) in [6, 6.07) is 15.8. The lowest BCUT2D eigenvalue weighted by molar-refractivity contribution is 0.0937. The van der Waals surface area contributed by atoms with Gasteiger partial charge in [-0.25, -0.2) is 0 Å². The first-order valence-corrected chi connectivity index (χ1v) is 8.13. The molecular weight excluding hydrogens is 300 g/mol. The van der Waals surface area contributed by atoms with Crippen molar-refractivity contribution in [3.05, 3.63) is 65.9 Å². The van der Waals surface area contributed by atoms with Gasteiger partial charge in [-0.05, 0) is 30.2 Å². The van der Waals surface area contributed by atoms with E-state index in [1.165, 1.54) is 0 Å². The maximum Gasteiger partial charge on any atom is 0.253 e. The highest BCUT2D eigenvalue weighted by molar-refractivity contribution is 6.07. The third-order valence-electron chi connectivity index (χ3n) is 4.37. The van der Waals surface area contributed by atoms with E-state index >= 15 is 0 Å². The smallest absolute Gasteiger partial charge is 0.253 e. The minimum absolute atomic E-state index is 0.0256. The van der Waals surface area contributed by atoms with Crippen molar-refractivity contribution in [2.45, 2.75) is 19.4 Å². The van der Waals surface area contributed by atoms with Gasteiger partial charge in [-0.1, -0.05) is 37.3 Å². The molecule has 3 aromatic rings. The molecule has 0 saturated heterocycles. The van der Waals surface area contributed by atoms with E-state index < -0.39 is 0 Å². The SMILES string of the molecule is CC[C@H](NC(=O)c1cn(C)c2ccccc12)c1ccc(OC)cc1. The number of rotatable bonds is 5. The quantitative estimate of drug-likeness (QED) is 0.769. The molecule has 3 rings (SSSR count). The van der Waals surface area contributed by atoms with E-state index in [2.05, 4.69) is 12.2 Å². The van der Waals surface area contributed by atoms with Gasteiger partial charge in [-0.3, -0.25) is 4.79 Å². The molecule has 0 aliphatic rings. The molecule has 0 unspecified atom stereocenters. The number of para-hydroxylation sites is 1. The molecule has 0 saturated carbocycles. The fourth-order valence-corrected chi connectivity index (χ4v) is 3.02. The summed E-state index contributed by atoms with van der Waals surface area (Å²) in [5.41, 5.74) is 2.84. The van der Waals surface area contributed by atoms with Crippen LogP contribution in [-0.4, -0.2) is 17.6 Å². The highest BCUT2D eigenvalue weighted by Crippen LogP contribution is 2.23. The van der Waals surface area contributed by atoms with E-state index in [1.807, 2.05) is 66.3 Å². The molecule has 2 aromatic carbocycles. The van der Waals surface area contributed by atoms with Gasteiger partial charge < -0.3 is 14.6 Å². The van der Waals surface area contributed by atoms with Crippen LogP contribution in [-0.2, 0) is 7.05 Å². The second-order valence-electron chi connectivity index (χ2n) is 5.88. The van der Waals surface area contributed by atoms with Gasteiger partial charge in [0.25, 0.3) is 5.91 Å². The third kappa shape index (κ3) is 3.00. The van der Waals surface area contributed by atoms with Gasteiger partial charge in [0.05, 0.1) is 18.7 Å². The van der Waals surface area contributed by atoms with Crippen LogP contribution in [0.5, 0.6) is 5.75 Å². The molecule has 1 amide bonds. The van der Waals surface area contributed by atoms with Crippen LogP contribution in [0, 0.1) is 0 Å². The number of aromatic nitrogens is 1. The largest absolute Gasteiger partial charge is 0.497 e. The van der Waals surface area contributed by atoms with Crippen LogP contribution >= 0.6 is 0 Å². The van der Waals surface area contributed by atoms with E-state index in [1.54, 1.807) is 7.11 Å². The Morgan fingerprint density at radius 2 is 1.88 bits per heavy atom. The summed E-state index contributed by atoms with van der Waals surface area (Å²) in [6.07, 6.45) is 2.71. The molecule has 0 aliphatic heterocycles. The van der Waals surface area contributed by atoms with Gasteiger partial charge in [0.1, 0.15) is 5.75 Å². The molecular formula is C20H22N2O2. The van der Waals surface area contributed by atoms with Gasteiger partial charge >= 0.3 is 0 Å². The first-order chi connectivity index (χ1) is 11.6. The summed E-state index contributed by atoms with van der Waals surface area (Å²) in [5.74, 6) is 0.767. The Bertz CT molecular complexity index is 850. The number of hydrogen-bond donors (Lipinski definition) is 1. The van der Waals surface area contributed by atoms with Crippen molar-refractivity contribution >= 4 is 16.8 Å². The van der Waals surface area contributed by atoms with Crippen LogP contribution in [0.15, 0.2) is 54.7 Å². The lowest BCUT2D eigenvalue weighted by atomic mass is 10.0. The summed E-state index contributed by atoms with van der Waals surface area (Å²) in [4.78, 5) is 12.8. The predicted octanol–water partition coefficient (Wildman–Crippen LogP) is 4.07. The number of ether oxygens (including phenoxy) is 1. The number of fused-ring (bicyclic) bond motifs is 1. The van der Waals surface area contributed by atoms with E-state index in [4.69, 9.17) is 4.74 Å². The second-order valence-corrected chi connectivity index (χ2v) is 5.88. The zero-order valence-electron chi connectivity index (χ0n) is 14.2. The molecule has 4 nitrogen and oxygen atoms in total. The molecule has 24 heavy (non-hydrogen) atoms. The van der Waals surface area contributed by atoms with E-state index in [0.29, 0.717) is 5.56 Å². The van der Waals surface area contributed by atoms with Crippen molar-refractivity contribution in [3.8, 4) is 5.75 Å². The number of carbonyl (C=O) groups excluding carboxylic acids is 1. The van der Waals surface area contributed by atoms with Crippen LogP contribution in [0.1, 0.15) is 35.3 Å². The van der Waals surface area contributed by atoms with E-state index in [0.717, 1.165) is 28.6 Å². The molecule has 0 spiro atoms. The monoisotopic (exact) mass is 322 g/mol. The Kier molecular flexibility index (Phi) is 4.56. The first-order valence-electron chi connectivity index (χ1n) is 8.13. The molecule has 0 aliphatic carbocycles. The molecule has 0 bridgehead atoms. The van der Waals surface area contributed by atoms with Crippen molar-refractivity contribution in [2.75, 3.05) is 7.11 Å². The molecule has 0 fully saturated rings. The Hall–Kier alpha value is -2.75.